The molecule has 0 saturated carbocycles. The largest absolute Gasteiger partial charge is 0.378 e. The standard InChI is InChI=1S/C20H29N3O/c1-3-20(8-13-24-17(2)14-20)23-11-9-22(10-12-23)16-19-6-4-18(15-21)5-7-19/h4-7,17H,3,8-14,16H2,1-2H3/t17-,20-/m0/s1. The number of nitriles is 1. The first-order valence-electron chi connectivity index (χ1n) is 9.23. The van der Waals surface area contributed by atoms with E-state index in [0.717, 1.165) is 44.9 Å². The Balaban J connectivity index is 1.55. The van der Waals surface area contributed by atoms with Gasteiger partial charge in [-0.05, 0) is 43.9 Å². The molecule has 2 heterocycles. The van der Waals surface area contributed by atoms with E-state index in [1.165, 1.54) is 24.8 Å². The maximum atomic E-state index is 8.89. The first kappa shape index (κ1) is 17.4. The summed E-state index contributed by atoms with van der Waals surface area (Å²) in [6.07, 6.45) is 3.94. The zero-order chi connectivity index (χ0) is 17.0. The molecule has 0 radical (unpaired) electrons. The number of piperazine rings is 1. The third-order valence-electron chi connectivity index (χ3n) is 5.83. The van der Waals surface area contributed by atoms with Gasteiger partial charge in [-0.25, -0.2) is 0 Å². The molecule has 0 N–H and O–H groups in total. The van der Waals surface area contributed by atoms with Gasteiger partial charge in [-0.15, -0.1) is 0 Å². The Kier molecular flexibility index (Phi) is 5.55. The van der Waals surface area contributed by atoms with Gasteiger partial charge in [0.05, 0.1) is 17.7 Å². The zero-order valence-corrected chi connectivity index (χ0v) is 15.0. The smallest absolute Gasteiger partial charge is 0.0991 e. The van der Waals surface area contributed by atoms with Crippen molar-refractivity contribution in [1.82, 2.24) is 9.80 Å². The maximum absolute atomic E-state index is 8.89. The lowest BCUT2D eigenvalue weighted by Gasteiger charge is -2.50. The summed E-state index contributed by atoms with van der Waals surface area (Å²) < 4.78 is 5.78. The fourth-order valence-corrected chi connectivity index (χ4v) is 4.30. The number of hydrogen-bond acceptors (Lipinski definition) is 4. The number of ether oxygens (including phenoxy) is 1. The van der Waals surface area contributed by atoms with Crippen molar-refractivity contribution in [3.05, 3.63) is 35.4 Å². The second-order valence-electron chi connectivity index (χ2n) is 7.29. The van der Waals surface area contributed by atoms with E-state index in [9.17, 15) is 0 Å². The highest BCUT2D eigenvalue weighted by Crippen LogP contribution is 2.34. The summed E-state index contributed by atoms with van der Waals surface area (Å²) in [5.41, 5.74) is 2.38. The van der Waals surface area contributed by atoms with Crippen molar-refractivity contribution in [2.75, 3.05) is 32.8 Å². The normalized spacial score (nSPS) is 29.3. The van der Waals surface area contributed by atoms with Gasteiger partial charge < -0.3 is 4.74 Å². The summed E-state index contributed by atoms with van der Waals surface area (Å²) in [7, 11) is 0. The predicted octanol–water partition coefficient (Wildman–Crippen LogP) is 3.02. The van der Waals surface area contributed by atoms with E-state index in [-0.39, 0.29) is 0 Å². The van der Waals surface area contributed by atoms with Gasteiger partial charge in [0.15, 0.2) is 0 Å². The van der Waals surface area contributed by atoms with Crippen molar-refractivity contribution >= 4 is 0 Å². The first-order valence-corrected chi connectivity index (χ1v) is 9.23. The Morgan fingerprint density at radius 1 is 1.21 bits per heavy atom. The van der Waals surface area contributed by atoms with E-state index >= 15 is 0 Å². The van der Waals surface area contributed by atoms with Crippen LogP contribution in [0.1, 0.15) is 44.2 Å². The number of nitrogens with zero attached hydrogens (tertiary/aromatic N) is 3. The third kappa shape index (κ3) is 3.80. The number of benzene rings is 1. The summed E-state index contributed by atoms with van der Waals surface area (Å²) in [6, 6.07) is 10.2. The second kappa shape index (κ2) is 7.65. The minimum atomic E-state index is 0.345. The summed E-state index contributed by atoms with van der Waals surface area (Å²) in [5, 5.41) is 8.89. The maximum Gasteiger partial charge on any atom is 0.0991 e. The molecule has 2 aliphatic rings. The van der Waals surface area contributed by atoms with Gasteiger partial charge in [-0.1, -0.05) is 19.1 Å². The van der Waals surface area contributed by atoms with E-state index in [0.29, 0.717) is 11.6 Å². The average Bonchev–Trinajstić information content (AvgIpc) is 2.63. The van der Waals surface area contributed by atoms with Crippen LogP contribution in [0.5, 0.6) is 0 Å². The fourth-order valence-electron chi connectivity index (χ4n) is 4.30. The van der Waals surface area contributed by atoms with Crippen LogP contribution in [0.4, 0.5) is 0 Å². The van der Waals surface area contributed by atoms with Crippen LogP contribution < -0.4 is 0 Å². The number of rotatable bonds is 4. The van der Waals surface area contributed by atoms with E-state index in [4.69, 9.17) is 10.00 Å². The molecular weight excluding hydrogens is 298 g/mol. The SMILES string of the molecule is CC[C@]1(N2CCN(Cc3ccc(C#N)cc3)CC2)CCO[C@@H](C)C1. The molecule has 2 aliphatic heterocycles. The third-order valence-corrected chi connectivity index (χ3v) is 5.83. The summed E-state index contributed by atoms with van der Waals surface area (Å²) >= 11 is 0. The van der Waals surface area contributed by atoms with Crippen LogP contribution in [0, 0.1) is 11.3 Å². The lowest BCUT2D eigenvalue weighted by Crippen LogP contribution is -2.59. The van der Waals surface area contributed by atoms with Crippen LogP contribution >= 0.6 is 0 Å². The van der Waals surface area contributed by atoms with Crippen LogP contribution in [-0.2, 0) is 11.3 Å². The molecule has 1 aromatic rings. The highest BCUT2D eigenvalue weighted by Gasteiger charge is 2.40. The number of hydrogen-bond donors (Lipinski definition) is 0. The first-order chi connectivity index (χ1) is 11.6. The van der Waals surface area contributed by atoms with Gasteiger partial charge in [0.25, 0.3) is 0 Å². The minimum Gasteiger partial charge on any atom is -0.378 e. The van der Waals surface area contributed by atoms with E-state index in [2.05, 4.69) is 41.8 Å². The highest BCUT2D eigenvalue weighted by molar-refractivity contribution is 5.31. The van der Waals surface area contributed by atoms with Crippen LogP contribution in [0.15, 0.2) is 24.3 Å². The van der Waals surface area contributed by atoms with Gasteiger partial charge >= 0.3 is 0 Å². The van der Waals surface area contributed by atoms with Gasteiger partial charge in [0, 0.05) is 44.9 Å². The average molecular weight is 327 g/mol. The van der Waals surface area contributed by atoms with Crippen LogP contribution in [0.3, 0.4) is 0 Å². The van der Waals surface area contributed by atoms with Crippen LogP contribution in [0.25, 0.3) is 0 Å². The Labute approximate surface area is 146 Å². The lowest BCUT2D eigenvalue weighted by atomic mass is 9.82. The molecule has 3 rings (SSSR count). The Morgan fingerprint density at radius 2 is 1.92 bits per heavy atom. The van der Waals surface area contributed by atoms with Crippen molar-refractivity contribution in [3.8, 4) is 6.07 Å². The topological polar surface area (TPSA) is 39.5 Å². The molecule has 2 saturated heterocycles. The van der Waals surface area contributed by atoms with Crippen molar-refractivity contribution in [2.45, 2.75) is 51.3 Å². The molecule has 0 spiro atoms. The molecule has 2 fully saturated rings. The quantitative estimate of drug-likeness (QED) is 0.852. The van der Waals surface area contributed by atoms with Gasteiger partial charge in [-0.2, -0.15) is 5.26 Å². The predicted molar refractivity (Wildman–Crippen MR) is 95.7 cm³/mol. The van der Waals surface area contributed by atoms with Crippen LogP contribution in [0.2, 0.25) is 0 Å². The van der Waals surface area contributed by atoms with Gasteiger partial charge in [0.2, 0.25) is 0 Å². The zero-order valence-electron chi connectivity index (χ0n) is 15.0. The molecule has 1 aromatic carbocycles. The van der Waals surface area contributed by atoms with E-state index < -0.39 is 0 Å². The molecule has 0 aliphatic carbocycles. The Morgan fingerprint density at radius 3 is 2.50 bits per heavy atom. The molecule has 0 aromatic heterocycles. The minimum absolute atomic E-state index is 0.345. The Bertz CT molecular complexity index is 572. The highest BCUT2D eigenvalue weighted by atomic mass is 16.5. The summed E-state index contributed by atoms with van der Waals surface area (Å²) in [5.74, 6) is 0. The van der Waals surface area contributed by atoms with Crippen molar-refractivity contribution in [2.24, 2.45) is 0 Å². The van der Waals surface area contributed by atoms with Gasteiger partial charge in [-0.3, -0.25) is 9.80 Å². The molecule has 0 unspecified atom stereocenters. The monoisotopic (exact) mass is 327 g/mol. The van der Waals surface area contributed by atoms with Crippen molar-refractivity contribution < 1.29 is 4.74 Å². The molecule has 4 nitrogen and oxygen atoms in total. The summed E-state index contributed by atoms with van der Waals surface area (Å²) in [6.45, 7) is 11.0. The molecule has 24 heavy (non-hydrogen) atoms. The lowest BCUT2D eigenvalue weighted by molar-refractivity contribution is -0.0814. The Hall–Kier alpha value is -1.41. The van der Waals surface area contributed by atoms with Crippen LogP contribution in [-0.4, -0.2) is 54.2 Å². The summed E-state index contributed by atoms with van der Waals surface area (Å²) in [4.78, 5) is 5.26. The van der Waals surface area contributed by atoms with Gasteiger partial charge in [0.1, 0.15) is 0 Å². The molecule has 2 atom stereocenters. The second-order valence-corrected chi connectivity index (χ2v) is 7.29. The molecule has 0 amide bonds. The molecule has 4 heteroatoms. The fraction of sp³-hybridized carbons (Fsp3) is 0.650. The van der Waals surface area contributed by atoms with Crippen molar-refractivity contribution in [3.63, 3.8) is 0 Å². The molecular formula is C20H29N3O. The van der Waals surface area contributed by atoms with E-state index in [1.807, 2.05) is 12.1 Å². The van der Waals surface area contributed by atoms with E-state index in [1.54, 1.807) is 0 Å². The molecule has 130 valence electrons. The molecule has 0 bridgehead atoms. The van der Waals surface area contributed by atoms with Crippen molar-refractivity contribution in [1.29, 1.82) is 5.26 Å².